The Morgan fingerprint density at radius 1 is 1.39 bits per heavy atom. The van der Waals surface area contributed by atoms with Gasteiger partial charge in [0.05, 0.1) is 18.8 Å². The quantitative estimate of drug-likeness (QED) is 0.787. The third-order valence-corrected chi connectivity index (χ3v) is 1.93. The summed E-state index contributed by atoms with van der Waals surface area (Å²) in [5, 5.41) is 0. The topological polar surface area (TPSA) is 48.4 Å². The van der Waals surface area contributed by atoms with Crippen LogP contribution in [0, 0.1) is 0 Å². The lowest BCUT2D eigenvalue weighted by Crippen LogP contribution is -2.15. The summed E-state index contributed by atoms with van der Waals surface area (Å²) >= 11 is 0. The van der Waals surface area contributed by atoms with Gasteiger partial charge in [-0.2, -0.15) is 13.2 Å². The molecular formula is C11H12F3NO3. The highest BCUT2D eigenvalue weighted by molar-refractivity contribution is 5.92. The zero-order valence-electron chi connectivity index (χ0n) is 10.0. The smallest absolute Gasteiger partial charge is 0.417 e. The SMILES string of the molecule is COc1ncc(C(F)(F)F)cc1C(=O)OC(C)C. The summed E-state index contributed by atoms with van der Waals surface area (Å²) < 4.78 is 47.0. The Kier molecular flexibility index (Phi) is 4.15. The highest BCUT2D eigenvalue weighted by Gasteiger charge is 2.33. The maximum absolute atomic E-state index is 12.5. The third-order valence-electron chi connectivity index (χ3n) is 1.93. The fourth-order valence-electron chi connectivity index (χ4n) is 1.19. The maximum Gasteiger partial charge on any atom is 0.417 e. The van der Waals surface area contributed by atoms with E-state index in [1.54, 1.807) is 13.8 Å². The molecule has 0 atom stereocenters. The first kappa shape index (κ1) is 14.3. The normalized spacial score (nSPS) is 11.5. The van der Waals surface area contributed by atoms with E-state index in [1.807, 2.05) is 0 Å². The van der Waals surface area contributed by atoms with Crippen LogP contribution < -0.4 is 4.74 Å². The van der Waals surface area contributed by atoms with Gasteiger partial charge in [-0.25, -0.2) is 9.78 Å². The fraction of sp³-hybridized carbons (Fsp3) is 0.455. The maximum atomic E-state index is 12.5. The fourth-order valence-corrected chi connectivity index (χ4v) is 1.19. The Labute approximate surface area is 102 Å². The summed E-state index contributed by atoms with van der Waals surface area (Å²) in [6.07, 6.45) is -4.42. The molecule has 0 saturated carbocycles. The van der Waals surface area contributed by atoms with Gasteiger partial charge in [-0.15, -0.1) is 0 Å². The zero-order chi connectivity index (χ0) is 13.9. The van der Waals surface area contributed by atoms with E-state index in [2.05, 4.69) is 4.98 Å². The number of ether oxygens (including phenoxy) is 2. The molecule has 1 aromatic heterocycles. The summed E-state index contributed by atoms with van der Waals surface area (Å²) in [6.45, 7) is 3.18. The highest BCUT2D eigenvalue weighted by atomic mass is 19.4. The molecule has 0 unspecified atom stereocenters. The van der Waals surface area contributed by atoms with Crippen LogP contribution in [0.3, 0.4) is 0 Å². The molecule has 7 heteroatoms. The molecule has 0 N–H and O–H groups in total. The van der Waals surface area contributed by atoms with Crippen molar-refractivity contribution in [2.75, 3.05) is 7.11 Å². The monoisotopic (exact) mass is 263 g/mol. The van der Waals surface area contributed by atoms with Crippen molar-refractivity contribution in [3.63, 3.8) is 0 Å². The van der Waals surface area contributed by atoms with Crippen LogP contribution in [0.5, 0.6) is 5.88 Å². The Balaban J connectivity index is 3.18. The van der Waals surface area contributed by atoms with E-state index in [1.165, 1.54) is 7.11 Å². The number of carbonyl (C=O) groups is 1. The van der Waals surface area contributed by atoms with Crippen molar-refractivity contribution in [3.05, 3.63) is 23.4 Å². The number of alkyl halides is 3. The summed E-state index contributed by atoms with van der Waals surface area (Å²) in [5.74, 6) is -1.10. The average molecular weight is 263 g/mol. The molecule has 1 heterocycles. The van der Waals surface area contributed by atoms with E-state index in [4.69, 9.17) is 9.47 Å². The highest BCUT2D eigenvalue weighted by Crippen LogP contribution is 2.31. The van der Waals surface area contributed by atoms with Crippen LogP contribution in [0.25, 0.3) is 0 Å². The van der Waals surface area contributed by atoms with Crippen LogP contribution in [0.4, 0.5) is 13.2 Å². The molecule has 0 spiro atoms. The number of hydrogen-bond acceptors (Lipinski definition) is 4. The Hall–Kier alpha value is -1.79. The summed E-state index contributed by atoms with van der Waals surface area (Å²) in [4.78, 5) is 15.1. The van der Waals surface area contributed by atoms with Gasteiger partial charge in [0.15, 0.2) is 0 Å². The lowest BCUT2D eigenvalue weighted by atomic mass is 10.2. The van der Waals surface area contributed by atoms with Crippen LogP contribution in [0.15, 0.2) is 12.3 Å². The van der Waals surface area contributed by atoms with Crippen molar-refractivity contribution >= 4 is 5.97 Å². The molecule has 0 fully saturated rings. The number of esters is 1. The molecule has 0 amide bonds. The second-order valence-electron chi connectivity index (χ2n) is 3.73. The van der Waals surface area contributed by atoms with E-state index in [-0.39, 0.29) is 11.4 Å². The number of aromatic nitrogens is 1. The molecule has 0 aliphatic rings. The van der Waals surface area contributed by atoms with Crippen LogP contribution >= 0.6 is 0 Å². The average Bonchev–Trinajstić information content (AvgIpc) is 2.26. The second kappa shape index (κ2) is 5.24. The largest absolute Gasteiger partial charge is 0.480 e. The van der Waals surface area contributed by atoms with E-state index in [0.717, 1.165) is 0 Å². The number of halogens is 3. The van der Waals surface area contributed by atoms with Gasteiger partial charge < -0.3 is 9.47 Å². The molecule has 1 rings (SSSR count). The van der Waals surface area contributed by atoms with Crippen molar-refractivity contribution < 1.29 is 27.4 Å². The van der Waals surface area contributed by atoms with E-state index >= 15 is 0 Å². The van der Waals surface area contributed by atoms with Gasteiger partial charge in [0.2, 0.25) is 5.88 Å². The number of carbonyl (C=O) groups excluding carboxylic acids is 1. The Bertz CT molecular complexity index is 444. The van der Waals surface area contributed by atoms with Crippen LogP contribution in [-0.4, -0.2) is 24.2 Å². The summed E-state index contributed by atoms with van der Waals surface area (Å²) in [6, 6.07) is 0.663. The first-order chi connectivity index (χ1) is 8.25. The first-order valence-corrected chi connectivity index (χ1v) is 5.08. The van der Waals surface area contributed by atoms with Crippen LogP contribution in [0.1, 0.15) is 29.8 Å². The predicted molar refractivity (Wildman–Crippen MR) is 56.3 cm³/mol. The van der Waals surface area contributed by atoms with Crippen LogP contribution in [-0.2, 0) is 10.9 Å². The molecule has 1 aromatic rings. The van der Waals surface area contributed by atoms with Gasteiger partial charge >= 0.3 is 12.1 Å². The van der Waals surface area contributed by atoms with Gasteiger partial charge in [-0.05, 0) is 19.9 Å². The van der Waals surface area contributed by atoms with Crippen molar-refractivity contribution in [2.45, 2.75) is 26.1 Å². The summed E-state index contributed by atoms with van der Waals surface area (Å²) in [7, 11) is 1.21. The molecule has 0 aromatic carbocycles. The van der Waals surface area contributed by atoms with E-state index in [0.29, 0.717) is 12.3 Å². The minimum Gasteiger partial charge on any atom is -0.480 e. The first-order valence-electron chi connectivity index (χ1n) is 5.08. The minimum atomic E-state index is -4.58. The molecule has 100 valence electrons. The number of nitrogens with zero attached hydrogens (tertiary/aromatic N) is 1. The molecule has 0 bridgehead atoms. The van der Waals surface area contributed by atoms with E-state index in [9.17, 15) is 18.0 Å². The van der Waals surface area contributed by atoms with Crippen molar-refractivity contribution in [1.82, 2.24) is 4.98 Å². The van der Waals surface area contributed by atoms with Gasteiger partial charge in [-0.1, -0.05) is 0 Å². The molecular weight excluding hydrogens is 251 g/mol. The molecule has 18 heavy (non-hydrogen) atoms. The van der Waals surface area contributed by atoms with Crippen molar-refractivity contribution in [2.24, 2.45) is 0 Å². The molecule has 0 saturated heterocycles. The minimum absolute atomic E-state index is 0.200. The number of pyridine rings is 1. The Morgan fingerprint density at radius 2 is 2.00 bits per heavy atom. The summed E-state index contributed by atoms with van der Waals surface area (Å²) in [5.41, 5.74) is -1.37. The third kappa shape index (κ3) is 3.35. The number of rotatable bonds is 3. The van der Waals surface area contributed by atoms with E-state index < -0.39 is 23.8 Å². The second-order valence-corrected chi connectivity index (χ2v) is 3.73. The predicted octanol–water partition coefficient (Wildman–Crippen LogP) is 2.67. The van der Waals surface area contributed by atoms with Gasteiger partial charge in [0, 0.05) is 6.20 Å². The van der Waals surface area contributed by atoms with Gasteiger partial charge in [-0.3, -0.25) is 0 Å². The standard InChI is InChI=1S/C11H12F3NO3/c1-6(2)18-10(16)8-4-7(11(12,13)14)5-15-9(8)17-3/h4-6H,1-3H3. The van der Waals surface area contributed by atoms with Gasteiger partial charge in [0.1, 0.15) is 5.56 Å². The molecule has 0 radical (unpaired) electrons. The molecule has 0 aliphatic heterocycles. The van der Waals surface area contributed by atoms with Crippen LogP contribution in [0.2, 0.25) is 0 Å². The number of hydrogen-bond donors (Lipinski definition) is 0. The molecule has 4 nitrogen and oxygen atoms in total. The lowest BCUT2D eigenvalue weighted by molar-refractivity contribution is -0.137. The van der Waals surface area contributed by atoms with Crippen molar-refractivity contribution in [3.8, 4) is 5.88 Å². The van der Waals surface area contributed by atoms with Gasteiger partial charge in [0.25, 0.3) is 0 Å². The lowest BCUT2D eigenvalue weighted by Gasteiger charge is -2.12. The molecule has 0 aliphatic carbocycles. The number of methoxy groups -OCH3 is 1. The Morgan fingerprint density at radius 3 is 2.44 bits per heavy atom. The van der Waals surface area contributed by atoms with Crippen molar-refractivity contribution in [1.29, 1.82) is 0 Å². The zero-order valence-corrected chi connectivity index (χ0v) is 10.0.